The van der Waals surface area contributed by atoms with Crippen molar-refractivity contribution in [1.82, 2.24) is 0 Å². The summed E-state index contributed by atoms with van der Waals surface area (Å²) in [5, 5.41) is 20.5. The largest absolute Gasteiger partial charge is 0.469 e. The number of aliphatic hydroxyl groups is 2. The smallest absolute Gasteiger partial charge is 0.305 e. The van der Waals surface area contributed by atoms with Gasteiger partial charge >= 0.3 is 5.97 Å². The number of methoxy groups -OCH3 is 1. The second-order valence-electron chi connectivity index (χ2n) is 8.30. The van der Waals surface area contributed by atoms with E-state index < -0.39 is 48.1 Å². The van der Waals surface area contributed by atoms with E-state index in [0.717, 1.165) is 6.42 Å². The number of halogens is 2. The first-order valence-corrected chi connectivity index (χ1v) is 10.5. The molecule has 2 fully saturated rings. The quantitative estimate of drug-likeness (QED) is 0.422. The summed E-state index contributed by atoms with van der Waals surface area (Å²) < 4.78 is 39.9. The van der Waals surface area contributed by atoms with E-state index in [9.17, 15) is 23.8 Å². The van der Waals surface area contributed by atoms with Crippen molar-refractivity contribution in [2.75, 3.05) is 7.11 Å². The predicted molar refractivity (Wildman–Crippen MR) is 106 cm³/mol. The first kappa shape index (κ1) is 24.0. The highest BCUT2D eigenvalue weighted by atomic mass is 19.1. The minimum Gasteiger partial charge on any atom is -0.469 e. The van der Waals surface area contributed by atoms with Crippen LogP contribution in [0.25, 0.3) is 0 Å². The van der Waals surface area contributed by atoms with Gasteiger partial charge < -0.3 is 19.7 Å². The van der Waals surface area contributed by atoms with Crippen molar-refractivity contribution >= 4 is 5.97 Å². The fraction of sp³-hybridized carbons (Fsp3) is 0.773. The van der Waals surface area contributed by atoms with Crippen molar-refractivity contribution in [3.05, 3.63) is 24.3 Å². The van der Waals surface area contributed by atoms with E-state index in [1.54, 1.807) is 18.2 Å². The zero-order valence-electron chi connectivity index (χ0n) is 17.5. The van der Waals surface area contributed by atoms with Crippen molar-refractivity contribution in [3.8, 4) is 0 Å². The van der Waals surface area contributed by atoms with Crippen LogP contribution in [0.1, 0.15) is 52.4 Å². The standard InChI is InChI=1S/C22H34F2O5/c1-4-5-12-22(2,24)18(26)11-10-14-15(25)13-17-20(14)21(23)16(29-17)8-6-7-9-19(27)28-3/h6,8,10-11,14-18,20-21,25-26H,4-5,7,9,12-13H2,1-3H3/t14-,15+,16+,17+,18+,20+,21+,22?/m0/s1. The van der Waals surface area contributed by atoms with Crippen LogP contribution in [-0.4, -0.2) is 59.5 Å². The Morgan fingerprint density at radius 1 is 1.41 bits per heavy atom. The van der Waals surface area contributed by atoms with Gasteiger partial charge in [-0.1, -0.05) is 44.1 Å². The van der Waals surface area contributed by atoms with Gasteiger partial charge in [0.15, 0.2) is 0 Å². The van der Waals surface area contributed by atoms with E-state index >= 15 is 0 Å². The van der Waals surface area contributed by atoms with Gasteiger partial charge in [0.05, 0.1) is 19.3 Å². The molecule has 8 atom stereocenters. The molecule has 1 unspecified atom stereocenters. The Hall–Kier alpha value is -1.31. The maximum Gasteiger partial charge on any atom is 0.305 e. The highest BCUT2D eigenvalue weighted by Crippen LogP contribution is 2.46. The van der Waals surface area contributed by atoms with Gasteiger partial charge in [-0.2, -0.15) is 0 Å². The van der Waals surface area contributed by atoms with Crippen LogP contribution in [0.2, 0.25) is 0 Å². The summed E-state index contributed by atoms with van der Waals surface area (Å²) in [6, 6.07) is 0. The van der Waals surface area contributed by atoms with Gasteiger partial charge in [-0.15, -0.1) is 0 Å². The van der Waals surface area contributed by atoms with E-state index in [2.05, 4.69) is 4.74 Å². The Balaban J connectivity index is 1.97. The molecule has 166 valence electrons. The number of fused-ring (bicyclic) bond motifs is 1. The lowest BCUT2D eigenvalue weighted by Gasteiger charge is -2.25. The molecule has 2 aliphatic rings. The monoisotopic (exact) mass is 416 g/mol. The number of hydrogen-bond donors (Lipinski definition) is 2. The summed E-state index contributed by atoms with van der Waals surface area (Å²) in [4.78, 5) is 11.1. The Bertz CT molecular complexity index is 592. The molecular weight excluding hydrogens is 382 g/mol. The number of esters is 1. The number of alkyl halides is 2. The zero-order valence-corrected chi connectivity index (χ0v) is 17.5. The Kier molecular flexibility index (Phi) is 8.79. The van der Waals surface area contributed by atoms with Crippen LogP contribution < -0.4 is 0 Å². The van der Waals surface area contributed by atoms with Gasteiger partial charge in [0.1, 0.15) is 24.0 Å². The molecule has 0 bridgehead atoms. The highest BCUT2D eigenvalue weighted by molar-refractivity contribution is 5.69. The van der Waals surface area contributed by atoms with Crippen LogP contribution in [0.15, 0.2) is 24.3 Å². The number of rotatable bonds is 10. The predicted octanol–water partition coefficient (Wildman–Crippen LogP) is 3.43. The van der Waals surface area contributed by atoms with E-state index in [-0.39, 0.29) is 18.8 Å². The molecule has 1 saturated carbocycles. The lowest BCUT2D eigenvalue weighted by atomic mass is 9.87. The summed E-state index contributed by atoms with van der Waals surface area (Å²) >= 11 is 0. The average molecular weight is 417 g/mol. The normalized spacial score (nSPS) is 35.1. The number of ether oxygens (including phenoxy) is 2. The minimum atomic E-state index is -1.76. The molecule has 0 aromatic rings. The van der Waals surface area contributed by atoms with Crippen molar-refractivity contribution in [1.29, 1.82) is 0 Å². The Morgan fingerprint density at radius 3 is 2.79 bits per heavy atom. The minimum absolute atomic E-state index is 0.214. The van der Waals surface area contributed by atoms with Crippen molar-refractivity contribution in [2.24, 2.45) is 11.8 Å². The maximum atomic E-state index is 15.0. The Labute approximate surface area is 171 Å². The van der Waals surface area contributed by atoms with Gasteiger partial charge in [-0.3, -0.25) is 4.79 Å². The lowest BCUT2D eigenvalue weighted by Crippen LogP contribution is -2.34. The van der Waals surface area contributed by atoms with E-state index in [4.69, 9.17) is 4.74 Å². The van der Waals surface area contributed by atoms with Crippen LogP contribution in [0.5, 0.6) is 0 Å². The molecule has 2 N–H and O–H groups in total. The molecule has 0 aromatic carbocycles. The van der Waals surface area contributed by atoms with E-state index in [1.807, 2.05) is 6.92 Å². The number of carbonyl (C=O) groups excluding carboxylic acids is 1. The third-order valence-electron chi connectivity index (χ3n) is 6.03. The first-order chi connectivity index (χ1) is 13.7. The Morgan fingerprint density at radius 2 is 2.14 bits per heavy atom. The fourth-order valence-corrected chi connectivity index (χ4v) is 4.16. The lowest BCUT2D eigenvalue weighted by molar-refractivity contribution is -0.140. The van der Waals surface area contributed by atoms with E-state index in [1.165, 1.54) is 20.1 Å². The first-order valence-electron chi connectivity index (χ1n) is 10.5. The molecule has 2 rings (SSSR count). The van der Waals surface area contributed by atoms with Crippen molar-refractivity contribution in [3.63, 3.8) is 0 Å². The number of carbonyl (C=O) groups is 1. The van der Waals surface area contributed by atoms with Gasteiger partial charge in [0, 0.05) is 24.7 Å². The van der Waals surface area contributed by atoms with Crippen LogP contribution in [0, 0.1) is 11.8 Å². The van der Waals surface area contributed by atoms with Gasteiger partial charge in [0.25, 0.3) is 0 Å². The van der Waals surface area contributed by atoms with Crippen LogP contribution >= 0.6 is 0 Å². The van der Waals surface area contributed by atoms with E-state index in [0.29, 0.717) is 19.3 Å². The molecule has 0 aromatic heterocycles. The second-order valence-corrected chi connectivity index (χ2v) is 8.30. The molecule has 7 heteroatoms. The average Bonchev–Trinajstić information content (AvgIpc) is 3.16. The molecule has 1 aliphatic carbocycles. The van der Waals surface area contributed by atoms with Gasteiger partial charge in [0.2, 0.25) is 0 Å². The SMILES string of the molecule is CCCCC(C)(F)[C@H](O)C=C[C@@H]1[C@H]2[C@H](F)[C@@H](C=CCCC(=O)OC)O[C@@H]2C[C@H]1O. The zero-order chi connectivity index (χ0) is 21.6. The molecule has 5 nitrogen and oxygen atoms in total. The summed E-state index contributed by atoms with van der Waals surface area (Å²) in [5.74, 6) is -1.42. The van der Waals surface area contributed by atoms with Crippen LogP contribution in [0.4, 0.5) is 8.78 Å². The number of hydrogen-bond acceptors (Lipinski definition) is 5. The van der Waals surface area contributed by atoms with Gasteiger partial charge in [-0.05, 0) is 19.8 Å². The fourth-order valence-electron chi connectivity index (χ4n) is 4.16. The van der Waals surface area contributed by atoms with Crippen LogP contribution in [0.3, 0.4) is 0 Å². The molecule has 0 spiro atoms. The molecule has 29 heavy (non-hydrogen) atoms. The topological polar surface area (TPSA) is 76.0 Å². The summed E-state index contributed by atoms with van der Waals surface area (Å²) in [7, 11) is 1.32. The summed E-state index contributed by atoms with van der Waals surface area (Å²) in [6.45, 7) is 3.31. The summed E-state index contributed by atoms with van der Waals surface area (Å²) in [5.41, 5.74) is -1.76. The van der Waals surface area contributed by atoms with Crippen molar-refractivity contribution < 1.29 is 33.3 Å². The highest BCUT2D eigenvalue weighted by Gasteiger charge is 2.54. The molecular formula is C22H34F2O5. The third-order valence-corrected chi connectivity index (χ3v) is 6.03. The number of allylic oxidation sites excluding steroid dienone is 1. The summed E-state index contributed by atoms with van der Waals surface area (Å²) in [6.07, 6.45) is 4.27. The van der Waals surface area contributed by atoms with Gasteiger partial charge in [-0.25, -0.2) is 8.78 Å². The molecule has 0 amide bonds. The third kappa shape index (κ3) is 6.09. The van der Waals surface area contributed by atoms with Crippen LogP contribution in [-0.2, 0) is 14.3 Å². The van der Waals surface area contributed by atoms with Crippen molar-refractivity contribution in [2.45, 2.75) is 88.6 Å². The molecule has 0 radical (unpaired) electrons. The molecule has 1 aliphatic heterocycles. The second kappa shape index (κ2) is 10.6. The number of aliphatic hydroxyl groups excluding tert-OH is 2. The maximum absolute atomic E-state index is 15.0. The molecule has 1 saturated heterocycles. The number of unbranched alkanes of at least 4 members (excludes halogenated alkanes) is 1. The molecule has 1 heterocycles.